The second kappa shape index (κ2) is 8.50. The summed E-state index contributed by atoms with van der Waals surface area (Å²) in [5.74, 6) is 1.27. The van der Waals surface area contributed by atoms with Crippen molar-refractivity contribution in [2.45, 2.75) is 20.4 Å². The van der Waals surface area contributed by atoms with Crippen molar-refractivity contribution in [1.82, 2.24) is 30.0 Å². The van der Waals surface area contributed by atoms with Crippen molar-refractivity contribution < 1.29 is 14.3 Å². The summed E-state index contributed by atoms with van der Waals surface area (Å²) >= 11 is 1.53. The lowest BCUT2D eigenvalue weighted by Crippen LogP contribution is -2.29. The monoisotopic (exact) mass is 451 g/mol. The minimum atomic E-state index is -0.294. The Morgan fingerprint density at radius 2 is 2.12 bits per heavy atom. The van der Waals surface area contributed by atoms with Gasteiger partial charge in [0, 0.05) is 24.2 Å². The van der Waals surface area contributed by atoms with Crippen LogP contribution in [-0.4, -0.2) is 62.4 Å². The molecule has 0 aromatic carbocycles. The predicted molar refractivity (Wildman–Crippen MR) is 120 cm³/mol. The van der Waals surface area contributed by atoms with E-state index in [9.17, 15) is 4.79 Å². The maximum absolute atomic E-state index is 11.4. The first kappa shape index (κ1) is 20.3. The topological polar surface area (TPSA) is 115 Å². The fourth-order valence-electron chi connectivity index (χ4n) is 3.48. The number of thiophene rings is 1. The normalized spacial score (nSPS) is 13.7. The van der Waals surface area contributed by atoms with Gasteiger partial charge in [0.2, 0.25) is 5.88 Å². The molecule has 5 heterocycles. The Balaban J connectivity index is 1.24. The van der Waals surface area contributed by atoms with Crippen LogP contribution < -0.4 is 10.1 Å². The summed E-state index contributed by atoms with van der Waals surface area (Å²) in [5.41, 5.74) is 3.87. The molecule has 0 atom stereocenters. The lowest BCUT2D eigenvalue weighted by Gasteiger charge is -2.13. The molecule has 4 aromatic heterocycles. The first-order chi connectivity index (χ1) is 15.6. The quantitative estimate of drug-likeness (QED) is 0.452. The molecule has 0 radical (unpaired) electrons. The van der Waals surface area contributed by atoms with E-state index in [4.69, 9.17) is 9.47 Å². The minimum absolute atomic E-state index is 0.294. The van der Waals surface area contributed by atoms with Crippen molar-refractivity contribution >= 4 is 43.7 Å². The van der Waals surface area contributed by atoms with Crippen LogP contribution in [0.3, 0.4) is 0 Å². The van der Waals surface area contributed by atoms with Crippen LogP contribution in [0.2, 0.25) is 0 Å². The second-order valence-corrected chi connectivity index (χ2v) is 8.40. The highest BCUT2D eigenvalue weighted by molar-refractivity contribution is 7.25. The number of pyridine rings is 1. The number of hydrogen-bond donors (Lipinski definition) is 1. The molecule has 1 aliphatic rings. The van der Waals surface area contributed by atoms with Gasteiger partial charge in [0.15, 0.2) is 0 Å². The summed E-state index contributed by atoms with van der Waals surface area (Å²) in [4.78, 5) is 27.2. The van der Waals surface area contributed by atoms with Gasteiger partial charge >= 0.3 is 6.09 Å². The van der Waals surface area contributed by atoms with E-state index in [1.54, 1.807) is 17.4 Å². The molecule has 1 fully saturated rings. The number of anilines is 1. The van der Waals surface area contributed by atoms with Crippen LogP contribution in [0, 0.1) is 13.8 Å². The smallest absolute Gasteiger partial charge is 0.410 e. The summed E-state index contributed by atoms with van der Waals surface area (Å²) in [5, 5.41) is 13.0. The van der Waals surface area contributed by atoms with Gasteiger partial charge in [-0.15, -0.1) is 16.4 Å². The molecule has 1 amide bonds. The van der Waals surface area contributed by atoms with Crippen LogP contribution in [0.4, 0.5) is 10.6 Å². The SMILES string of the molecule is Cc1nnc2sc3c(NCc4ccc(OCCN5CCOC5=O)nc4)ncnc3c2c1C. The van der Waals surface area contributed by atoms with Crippen molar-refractivity contribution in [3.05, 3.63) is 41.5 Å². The third-order valence-corrected chi connectivity index (χ3v) is 6.45. The molecular weight excluding hydrogens is 430 g/mol. The highest BCUT2D eigenvalue weighted by atomic mass is 32.1. The van der Waals surface area contributed by atoms with Crippen LogP contribution in [0.5, 0.6) is 5.88 Å². The van der Waals surface area contributed by atoms with E-state index in [0.29, 0.717) is 38.7 Å². The fraction of sp³-hybridized carbons (Fsp3) is 0.333. The summed E-state index contributed by atoms with van der Waals surface area (Å²) in [6.45, 7) is 6.43. The zero-order chi connectivity index (χ0) is 22.1. The molecule has 0 unspecified atom stereocenters. The number of cyclic esters (lactones) is 1. The largest absolute Gasteiger partial charge is 0.476 e. The Hall–Kier alpha value is -3.60. The maximum atomic E-state index is 11.4. The number of carbonyl (C=O) groups excluding carboxylic acids is 1. The van der Waals surface area contributed by atoms with Crippen LogP contribution in [0.1, 0.15) is 16.8 Å². The first-order valence-corrected chi connectivity index (χ1v) is 11.0. The number of rotatable bonds is 7. The van der Waals surface area contributed by atoms with Crippen molar-refractivity contribution in [2.24, 2.45) is 0 Å². The molecule has 5 rings (SSSR count). The zero-order valence-electron chi connectivity index (χ0n) is 17.7. The van der Waals surface area contributed by atoms with Crippen molar-refractivity contribution in [2.75, 3.05) is 31.6 Å². The molecular formula is C21H21N7O3S. The number of fused-ring (bicyclic) bond motifs is 3. The van der Waals surface area contributed by atoms with Gasteiger partial charge in [-0.25, -0.2) is 19.7 Å². The molecule has 0 saturated carbocycles. The predicted octanol–water partition coefficient (Wildman–Crippen LogP) is 3.09. The van der Waals surface area contributed by atoms with E-state index in [1.807, 2.05) is 26.0 Å². The van der Waals surface area contributed by atoms with Gasteiger partial charge < -0.3 is 19.7 Å². The molecule has 11 heteroatoms. The van der Waals surface area contributed by atoms with Gasteiger partial charge in [-0.1, -0.05) is 6.07 Å². The molecule has 1 N–H and O–H groups in total. The molecule has 32 heavy (non-hydrogen) atoms. The Bertz CT molecular complexity index is 1290. The van der Waals surface area contributed by atoms with Crippen molar-refractivity contribution in [3.8, 4) is 5.88 Å². The Morgan fingerprint density at radius 1 is 1.22 bits per heavy atom. The molecule has 4 aromatic rings. The van der Waals surface area contributed by atoms with Gasteiger partial charge in [-0.2, -0.15) is 5.10 Å². The number of nitrogens with one attached hydrogen (secondary N) is 1. The molecule has 10 nitrogen and oxygen atoms in total. The molecule has 0 bridgehead atoms. The lowest BCUT2D eigenvalue weighted by molar-refractivity contribution is 0.152. The van der Waals surface area contributed by atoms with Crippen molar-refractivity contribution in [1.29, 1.82) is 0 Å². The number of hydrogen-bond acceptors (Lipinski definition) is 10. The number of aromatic nitrogens is 5. The number of ether oxygens (including phenoxy) is 2. The summed E-state index contributed by atoms with van der Waals surface area (Å²) in [6.07, 6.45) is 3.03. The van der Waals surface area contributed by atoms with Crippen LogP contribution in [0.25, 0.3) is 20.4 Å². The molecule has 0 spiro atoms. The average Bonchev–Trinajstić information content (AvgIpc) is 3.39. The standard InChI is InChI=1S/C21H21N7O3S/c1-12-13(2)26-27-20-16(12)17-18(32-20)19(25-11-24-17)23-10-14-3-4-15(22-9-14)30-7-5-28-6-8-31-21(28)29/h3-4,9,11H,5-8,10H2,1-2H3,(H,23,24,25). The van der Waals surface area contributed by atoms with E-state index in [2.05, 4.69) is 30.5 Å². The molecule has 1 saturated heterocycles. The van der Waals surface area contributed by atoms with Crippen LogP contribution >= 0.6 is 11.3 Å². The number of carbonyl (C=O) groups is 1. The number of aryl methyl sites for hydroxylation is 2. The number of nitrogens with zero attached hydrogens (tertiary/aromatic N) is 6. The van der Waals surface area contributed by atoms with E-state index in [0.717, 1.165) is 43.1 Å². The highest BCUT2D eigenvalue weighted by Gasteiger charge is 2.21. The van der Waals surface area contributed by atoms with Gasteiger partial charge in [-0.3, -0.25) is 0 Å². The van der Waals surface area contributed by atoms with Gasteiger partial charge in [-0.05, 0) is 25.0 Å². The maximum Gasteiger partial charge on any atom is 0.410 e. The van der Waals surface area contributed by atoms with E-state index >= 15 is 0 Å². The molecule has 164 valence electrons. The van der Waals surface area contributed by atoms with Crippen LogP contribution in [-0.2, 0) is 11.3 Å². The fourth-order valence-corrected chi connectivity index (χ4v) is 4.58. The van der Waals surface area contributed by atoms with E-state index in [1.165, 1.54) is 11.3 Å². The highest BCUT2D eigenvalue weighted by Crippen LogP contribution is 2.36. The van der Waals surface area contributed by atoms with Gasteiger partial charge in [0.05, 0.1) is 29.0 Å². The second-order valence-electron chi connectivity index (χ2n) is 7.40. The zero-order valence-corrected chi connectivity index (χ0v) is 18.5. The van der Waals surface area contributed by atoms with Gasteiger partial charge in [0.1, 0.15) is 30.2 Å². The van der Waals surface area contributed by atoms with Crippen molar-refractivity contribution in [3.63, 3.8) is 0 Å². The summed E-state index contributed by atoms with van der Waals surface area (Å²) in [7, 11) is 0. The lowest BCUT2D eigenvalue weighted by atomic mass is 10.1. The summed E-state index contributed by atoms with van der Waals surface area (Å²) < 4.78 is 11.5. The van der Waals surface area contributed by atoms with E-state index in [-0.39, 0.29) is 6.09 Å². The Morgan fingerprint density at radius 3 is 2.91 bits per heavy atom. The third-order valence-electron chi connectivity index (χ3n) is 5.38. The Labute approximate surface area is 187 Å². The minimum Gasteiger partial charge on any atom is -0.476 e. The number of amides is 1. The summed E-state index contributed by atoms with van der Waals surface area (Å²) in [6, 6.07) is 3.76. The molecule has 0 aliphatic carbocycles. The Kier molecular flexibility index (Phi) is 5.39. The average molecular weight is 452 g/mol. The van der Waals surface area contributed by atoms with Crippen LogP contribution in [0.15, 0.2) is 24.7 Å². The first-order valence-electron chi connectivity index (χ1n) is 10.2. The van der Waals surface area contributed by atoms with E-state index < -0.39 is 0 Å². The third kappa shape index (κ3) is 3.86. The molecule has 1 aliphatic heterocycles. The van der Waals surface area contributed by atoms with Gasteiger partial charge in [0.25, 0.3) is 0 Å².